The highest BCUT2D eigenvalue weighted by Gasteiger charge is 2.21. The van der Waals surface area contributed by atoms with Crippen LogP contribution in [0.15, 0.2) is 0 Å². The molecule has 1 aliphatic rings. The van der Waals surface area contributed by atoms with E-state index in [9.17, 15) is 0 Å². The molecule has 0 aromatic rings. The van der Waals surface area contributed by atoms with E-state index in [-0.39, 0.29) is 0 Å². The van der Waals surface area contributed by atoms with Crippen LogP contribution in [0.4, 0.5) is 0 Å². The van der Waals surface area contributed by atoms with Gasteiger partial charge in [0.15, 0.2) is 0 Å². The van der Waals surface area contributed by atoms with Crippen molar-refractivity contribution in [1.29, 1.82) is 5.26 Å². The number of hydrogen-bond acceptors (Lipinski definition) is 3. The second kappa shape index (κ2) is 6.80. The Hall–Kier alpha value is -0.590. The van der Waals surface area contributed by atoms with Crippen LogP contribution in [0.25, 0.3) is 0 Å². The number of unbranched alkanes of at least 4 members (excludes halogenated alkanes) is 2. The lowest BCUT2D eigenvalue weighted by atomic mass is 10.0. The maximum atomic E-state index is 8.36. The third-order valence-electron chi connectivity index (χ3n) is 2.85. The molecule has 0 spiro atoms. The topological polar surface area (TPSA) is 45.0 Å². The normalized spacial score (nSPS) is 23.3. The maximum absolute atomic E-state index is 8.36. The minimum absolute atomic E-state index is 0.555. The van der Waals surface area contributed by atoms with Gasteiger partial charge in [0.05, 0.1) is 12.7 Å². The highest BCUT2D eigenvalue weighted by molar-refractivity contribution is 4.76. The van der Waals surface area contributed by atoms with Gasteiger partial charge in [-0.15, -0.1) is 0 Å². The molecule has 3 nitrogen and oxygen atoms in total. The van der Waals surface area contributed by atoms with Gasteiger partial charge >= 0.3 is 0 Å². The van der Waals surface area contributed by atoms with E-state index >= 15 is 0 Å². The second-order valence-electron chi connectivity index (χ2n) is 3.98. The molecule has 0 aromatic carbocycles. The summed E-state index contributed by atoms with van der Waals surface area (Å²) in [6, 6.07) is 2.72. The Morgan fingerprint density at radius 3 is 3.07 bits per heavy atom. The molecular formula is C11H20N2O. The van der Waals surface area contributed by atoms with Gasteiger partial charge in [0, 0.05) is 19.1 Å². The van der Waals surface area contributed by atoms with Gasteiger partial charge in [0.2, 0.25) is 0 Å². The summed E-state index contributed by atoms with van der Waals surface area (Å²) in [5, 5.41) is 11.9. The standard InChI is InChI=1S/C11H20N2O/c1-10(11-5-8-14-9-11)13-7-4-2-3-6-12/h10-11,13H,2-5,7-9H2,1H3. The molecule has 0 amide bonds. The minimum Gasteiger partial charge on any atom is -0.381 e. The molecule has 2 unspecified atom stereocenters. The van der Waals surface area contributed by atoms with Crippen LogP contribution in [0.1, 0.15) is 32.6 Å². The first kappa shape index (κ1) is 11.5. The fraction of sp³-hybridized carbons (Fsp3) is 0.909. The van der Waals surface area contributed by atoms with Crippen LogP contribution in [0.3, 0.4) is 0 Å². The number of ether oxygens (including phenoxy) is 1. The van der Waals surface area contributed by atoms with Crippen molar-refractivity contribution in [2.45, 2.75) is 38.6 Å². The van der Waals surface area contributed by atoms with Gasteiger partial charge < -0.3 is 10.1 Å². The number of nitriles is 1. The monoisotopic (exact) mass is 196 g/mol. The molecule has 1 saturated heterocycles. The minimum atomic E-state index is 0.555. The number of hydrogen-bond donors (Lipinski definition) is 1. The van der Waals surface area contributed by atoms with Gasteiger partial charge in [-0.3, -0.25) is 0 Å². The number of nitrogens with one attached hydrogen (secondary N) is 1. The smallest absolute Gasteiger partial charge is 0.0621 e. The Morgan fingerprint density at radius 1 is 1.57 bits per heavy atom. The van der Waals surface area contributed by atoms with E-state index in [1.807, 2.05) is 0 Å². The van der Waals surface area contributed by atoms with Gasteiger partial charge in [-0.05, 0) is 38.6 Å². The molecule has 0 aromatic heterocycles. The van der Waals surface area contributed by atoms with Crippen LogP contribution in [-0.4, -0.2) is 25.8 Å². The molecule has 1 aliphatic heterocycles. The first-order valence-electron chi connectivity index (χ1n) is 5.52. The lowest BCUT2D eigenvalue weighted by molar-refractivity contribution is 0.178. The molecule has 0 bridgehead atoms. The van der Waals surface area contributed by atoms with Gasteiger partial charge in [0.25, 0.3) is 0 Å². The number of nitrogens with zero attached hydrogens (tertiary/aromatic N) is 1. The summed E-state index contributed by atoms with van der Waals surface area (Å²) < 4.78 is 5.34. The van der Waals surface area contributed by atoms with E-state index in [0.29, 0.717) is 18.4 Å². The molecule has 2 atom stereocenters. The summed E-state index contributed by atoms with van der Waals surface area (Å²) in [6.07, 6.45) is 3.98. The van der Waals surface area contributed by atoms with Crippen molar-refractivity contribution in [1.82, 2.24) is 5.32 Å². The largest absolute Gasteiger partial charge is 0.381 e. The summed E-state index contributed by atoms with van der Waals surface area (Å²) in [7, 11) is 0. The van der Waals surface area contributed by atoms with Crippen LogP contribution in [-0.2, 0) is 4.74 Å². The van der Waals surface area contributed by atoms with Crippen LogP contribution in [0.2, 0.25) is 0 Å². The average Bonchev–Trinajstić information content (AvgIpc) is 2.70. The zero-order valence-electron chi connectivity index (χ0n) is 8.96. The Bertz CT molecular complexity index is 182. The fourth-order valence-corrected chi connectivity index (χ4v) is 1.77. The first-order valence-corrected chi connectivity index (χ1v) is 5.52. The molecule has 1 heterocycles. The SMILES string of the molecule is CC(NCCCCC#N)C1CCOC1. The molecule has 1 rings (SSSR count). The predicted molar refractivity (Wildman–Crippen MR) is 55.9 cm³/mol. The van der Waals surface area contributed by atoms with Crippen molar-refractivity contribution in [2.24, 2.45) is 5.92 Å². The molecule has 1 N–H and O–H groups in total. The molecular weight excluding hydrogens is 176 g/mol. The van der Waals surface area contributed by atoms with Crippen molar-refractivity contribution in [3.63, 3.8) is 0 Å². The fourth-order valence-electron chi connectivity index (χ4n) is 1.77. The van der Waals surface area contributed by atoms with Crippen molar-refractivity contribution < 1.29 is 4.74 Å². The van der Waals surface area contributed by atoms with Crippen molar-refractivity contribution >= 4 is 0 Å². The molecule has 3 heteroatoms. The van der Waals surface area contributed by atoms with Gasteiger partial charge in [-0.2, -0.15) is 5.26 Å². The van der Waals surface area contributed by atoms with Crippen molar-refractivity contribution in [3.8, 4) is 6.07 Å². The lowest BCUT2D eigenvalue weighted by Crippen LogP contribution is -2.34. The quantitative estimate of drug-likeness (QED) is 0.658. The Kier molecular flexibility index (Phi) is 5.58. The Balaban J connectivity index is 1.97. The molecule has 0 aliphatic carbocycles. The lowest BCUT2D eigenvalue weighted by Gasteiger charge is -2.18. The molecule has 0 saturated carbocycles. The highest BCUT2D eigenvalue weighted by atomic mass is 16.5. The van der Waals surface area contributed by atoms with E-state index in [4.69, 9.17) is 10.00 Å². The van der Waals surface area contributed by atoms with Gasteiger partial charge in [-0.25, -0.2) is 0 Å². The first-order chi connectivity index (χ1) is 6.84. The second-order valence-corrected chi connectivity index (χ2v) is 3.98. The third kappa shape index (κ3) is 4.08. The zero-order valence-corrected chi connectivity index (χ0v) is 8.96. The predicted octanol–water partition coefficient (Wildman–Crippen LogP) is 1.69. The molecule has 80 valence electrons. The molecule has 1 fully saturated rings. The summed E-state index contributed by atoms with van der Waals surface area (Å²) >= 11 is 0. The summed E-state index contributed by atoms with van der Waals surface area (Å²) in [4.78, 5) is 0. The zero-order chi connectivity index (χ0) is 10.2. The van der Waals surface area contributed by atoms with E-state index in [2.05, 4.69) is 18.3 Å². The van der Waals surface area contributed by atoms with E-state index in [0.717, 1.165) is 32.6 Å². The van der Waals surface area contributed by atoms with E-state index < -0.39 is 0 Å². The van der Waals surface area contributed by atoms with Gasteiger partial charge in [-0.1, -0.05) is 0 Å². The van der Waals surface area contributed by atoms with Gasteiger partial charge in [0.1, 0.15) is 0 Å². The number of rotatable bonds is 6. The summed E-state index contributed by atoms with van der Waals surface area (Å²) in [5.74, 6) is 0.686. The third-order valence-corrected chi connectivity index (χ3v) is 2.85. The Labute approximate surface area is 86.4 Å². The van der Waals surface area contributed by atoms with Crippen LogP contribution in [0.5, 0.6) is 0 Å². The summed E-state index contributed by atoms with van der Waals surface area (Å²) in [6.45, 7) is 5.08. The Morgan fingerprint density at radius 2 is 2.43 bits per heavy atom. The van der Waals surface area contributed by atoms with E-state index in [1.54, 1.807) is 0 Å². The average molecular weight is 196 g/mol. The van der Waals surface area contributed by atoms with Crippen LogP contribution in [0, 0.1) is 17.2 Å². The van der Waals surface area contributed by atoms with Crippen LogP contribution >= 0.6 is 0 Å². The molecule has 14 heavy (non-hydrogen) atoms. The van der Waals surface area contributed by atoms with Crippen LogP contribution < -0.4 is 5.32 Å². The summed E-state index contributed by atoms with van der Waals surface area (Å²) in [5.41, 5.74) is 0. The highest BCUT2D eigenvalue weighted by Crippen LogP contribution is 2.16. The van der Waals surface area contributed by atoms with E-state index in [1.165, 1.54) is 6.42 Å². The molecule has 0 radical (unpaired) electrons. The maximum Gasteiger partial charge on any atom is 0.0621 e. The van der Waals surface area contributed by atoms with Crippen molar-refractivity contribution in [3.05, 3.63) is 0 Å². The van der Waals surface area contributed by atoms with Crippen molar-refractivity contribution in [2.75, 3.05) is 19.8 Å².